The Balaban J connectivity index is 1.82. The minimum Gasteiger partial charge on any atom is -0.341 e. The fourth-order valence-electron chi connectivity index (χ4n) is 2.25. The number of nitrogens with one attached hydrogen (secondary N) is 1. The van der Waals surface area contributed by atoms with Gasteiger partial charge in [-0.1, -0.05) is 5.16 Å². The number of carbonyl (C=O) groups excluding carboxylic acids is 1. The first-order valence-corrected chi connectivity index (χ1v) is 7.46. The van der Waals surface area contributed by atoms with Crippen LogP contribution >= 0.6 is 0 Å². The van der Waals surface area contributed by atoms with Crippen LogP contribution in [0.1, 0.15) is 35.0 Å². The van der Waals surface area contributed by atoms with Gasteiger partial charge in [-0.15, -0.1) is 0 Å². The van der Waals surface area contributed by atoms with Gasteiger partial charge in [0.05, 0.1) is 5.69 Å². The number of hydrogen-bond donors (Lipinski definition) is 1. The molecule has 8 heteroatoms. The van der Waals surface area contributed by atoms with Gasteiger partial charge < -0.3 is 9.84 Å². The van der Waals surface area contributed by atoms with Crippen molar-refractivity contribution in [1.29, 1.82) is 0 Å². The van der Waals surface area contributed by atoms with Gasteiger partial charge in [0.15, 0.2) is 5.82 Å². The third-order valence-electron chi connectivity index (χ3n) is 3.49. The number of aromatic nitrogens is 3. The maximum absolute atomic E-state index is 13.9. The van der Waals surface area contributed by atoms with E-state index in [0.717, 1.165) is 12.1 Å². The van der Waals surface area contributed by atoms with E-state index >= 15 is 0 Å². The Morgan fingerprint density at radius 1 is 1.24 bits per heavy atom. The minimum absolute atomic E-state index is 0.108. The summed E-state index contributed by atoms with van der Waals surface area (Å²) in [4.78, 5) is 20.5. The lowest BCUT2D eigenvalue weighted by Gasteiger charge is -2.10. The highest BCUT2D eigenvalue weighted by Gasteiger charge is 2.17. The molecule has 0 saturated heterocycles. The van der Waals surface area contributed by atoms with Crippen molar-refractivity contribution in [2.75, 3.05) is 0 Å². The lowest BCUT2D eigenvalue weighted by molar-refractivity contribution is 0.0932. The topological polar surface area (TPSA) is 80.9 Å². The number of carbonyl (C=O) groups is 1. The van der Waals surface area contributed by atoms with Gasteiger partial charge in [-0.2, -0.15) is 4.98 Å². The Morgan fingerprint density at radius 3 is 2.72 bits per heavy atom. The minimum atomic E-state index is -0.750. The quantitative estimate of drug-likeness (QED) is 0.786. The van der Waals surface area contributed by atoms with Gasteiger partial charge in [0, 0.05) is 23.4 Å². The number of aryl methyl sites for hydroxylation is 1. The van der Waals surface area contributed by atoms with Crippen molar-refractivity contribution in [2.45, 2.75) is 19.9 Å². The van der Waals surface area contributed by atoms with Crippen molar-refractivity contribution in [3.63, 3.8) is 0 Å². The van der Waals surface area contributed by atoms with Gasteiger partial charge in [-0.3, -0.25) is 9.78 Å². The first-order valence-electron chi connectivity index (χ1n) is 7.46. The first-order chi connectivity index (χ1) is 11.9. The van der Waals surface area contributed by atoms with Crippen LogP contribution in [0.2, 0.25) is 0 Å². The molecule has 1 N–H and O–H groups in total. The summed E-state index contributed by atoms with van der Waals surface area (Å²) in [5.74, 6) is -1.09. The van der Waals surface area contributed by atoms with Crippen LogP contribution in [0, 0.1) is 18.6 Å². The molecule has 0 aliphatic rings. The average Bonchev–Trinajstić information content (AvgIpc) is 3.01. The summed E-state index contributed by atoms with van der Waals surface area (Å²) in [5.41, 5.74) is 0.611. The highest BCUT2D eigenvalue weighted by molar-refractivity contribution is 5.95. The third-order valence-corrected chi connectivity index (χ3v) is 3.49. The smallest absolute Gasteiger partial charge is 0.252 e. The van der Waals surface area contributed by atoms with Crippen molar-refractivity contribution >= 4 is 5.91 Å². The van der Waals surface area contributed by atoms with E-state index in [1.807, 2.05) is 0 Å². The lowest BCUT2D eigenvalue weighted by Crippen LogP contribution is -2.27. The summed E-state index contributed by atoms with van der Waals surface area (Å²) in [7, 11) is 0. The molecule has 0 unspecified atom stereocenters. The molecule has 0 aliphatic carbocycles. The number of halogens is 2. The zero-order chi connectivity index (χ0) is 18.0. The monoisotopic (exact) mass is 344 g/mol. The first kappa shape index (κ1) is 16.7. The summed E-state index contributed by atoms with van der Waals surface area (Å²) in [6.07, 6.45) is 1.38. The van der Waals surface area contributed by atoms with Crippen LogP contribution in [0.5, 0.6) is 0 Å². The fraction of sp³-hybridized carbons (Fsp3) is 0.176. The normalized spacial score (nSPS) is 12.0. The molecule has 6 nitrogen and oxygen atoms in total. The Hall–Kier alpha value is -3.16. The molecule has 0 fully saturated rings. The highest BCUT2D eigenvalue weighted by atomic mass is 19.1. The predicted molar refractivity (Wildman–Crippen MR) is 84.5 cm³/mol. The average molecular weight is 344 g/mol. The Labute approximate surface area is 141 Å². The number of amides is 1. The Morgan fingerprint density at radius 2 is 2.04 bits per heavy atom. The molecule has 1 atom stereocenters. The second-order valence-electron chi connectivity index (χ2n) is 5.43. The molecule has 0 aliphatic heterocycles. The molecule has 1 aromatic carbocycles. The van der Waals surface area contributed by atoms with Gasteiger partial charge in [-0.05, 0) is 38.1 Å². The Bertz CT molecular complexity index is 927. The second kappa shape index (κ2) is 6.76. The molecule has 0 bridgehead atoms. The van der Waals surface area contributed by atoms with Gasteiger partial charge in [0.2, 0.25) is 5.89 Å². The number of hydrogen-bond acceptors (Lipinski definition) is 5. The summed E-state index contributed by atoms with van der Waals surface area (Å²) in [6, 6.07) is 5.60. The third kappa shape index (κ3) is 3.68. The van der Waals surface area contributed by atoms with Crippen molar-refractivity contribution in [1.82, 2.24) is 20.4 Å². The molecular weight excluding hydrogens is 330 g/mol. The zero-order valence-electron chi connectivity index (χ0n) is 13.5. The van der Waals surface area contributed by atoms with Crippen LogP contribution in [0.3, 0.4) is 0 Å². The van der Waals surface area contributed by atoms with E-state index in [1.165, 1.54) is 24.4 Å². The van der Waals surface area contributed by atoms with E-state index < -0.39 is 23.6 Å². The molecule has 25 heavy (non-hydrogen) atoms. The molecule has 3 rings (SSSR count). The van der Waals surface area contributed by atoms with Crippen LogP contribution in [0.25, 0.3) is 11.3 Å². The van der Waals surface area contributed by atoms with Gasteiger partial charge in [0.25, 0.3) is 5.91 Å². The van der Waals surface area contributed by atoms with E-state index in [9.17, 15) is 13.6 Å². The van der Waals surface area contributed by atoms with Gasteiger partial charge in [-0.25, -0.2) is 8.78 Å². The maximum Gasteiger partial charge on any atom is 0.252 e. The van der Waals surface area contributed by atoms with Crippen molar-refractivity contribution in [3.05, 3.63) is 65.4 Å². The van der Waals surface area contributed by atoms with Crippen molar-refractivity contribution in [3.8, 4) is 11.3 Å². The molecule has 0 saturated carbocycles. The molecule has 1 amide bonds. The van der Waals surface area contributed by atoms with Crippen molar-refractivity contribution < 1.29 is 18.1 Å². The largest absolute Gasteiger partial charge is 0.341 e. The van der Waals surface area contributed by atoms with Crippen molar-refractivity contribution in [2.24, 2.45) is 0 Å². The van der Waals surface area contributed by atoms with E-state index in [0.29, 0.717) is 5.82 Å². The van der Waals surface area contributed by atoms with Crippen LogP contribution < -0.4 is 5.32 Å². The second-order valence-corrected chi connectivity index (χ2v) is 5.43. The summed E-state index contributed by atoms with van der Waals surface area (Å²) < 4.78 is 31.9. The van der Waals surface area contributed by atoms with E-state index in [-0.39, 0.29) is 22.7 Å². The molecule has 0 radical (unpaired) electrons. The molecule has 0 spiro atoms. The molecule has 2 heterocycles. The van der Waals surface area contributed by atoms with Crippen LogP contribution in [-0.4, -0.2) is 21.0 Å². The van der Waals surface area contributed by atoms with Gasteiger partial charge >= 0.3 is 0 Å². The van der Waals surface area contributed by atoms with Crippen LogP contribution in [0.15, 0.2) is 41.1 Å². The summed E-state index contributed by atoms with van der Waals surface area (Å²) in [5, 5.41) is 6.38. The molecule has 3 aromatic rings. The number of pyridine rings is 1. The number of nitrogens with zero attached hydrogens (tertiary/aromatic N) is 3. The molecule has 2 aromatic heterocycles. The molecular formula is C17H14F2N4O2. The van der Waals surface area contributed by atoms with Crippen LogP contribution in [-0.2, 0) is 0 Å². The number of rotatable bonds is 4. The SMILES string of the molecule is Cc1noc([C@@H](C)NC(=O)c2ccnc(-c3ccc(F)cc3F)c2)n1. The zero-order valence-corrected chi connectivity index (χ0v) is 13.5. The summed E-state index contributed by atoms with van der Waals surface area (Å²) in [6.45, 7) is 3.38. The summed E-state index contributed by atoms with van der Waals surface area (Å²) >= 11 is 0. The Kier molecular flexibility index (Phi) is 4.51. The van der Waals surface area contributed by atoms with E-state index in [1.54, 1.807) is 13.8 Å². The standard InChI is InChI=1S/C17H14F2N4O2/c1-9(17-22-10(2)23-25-17)21-16(24)11-5-6-20-15(7-11)13-4-3-12(18)8-14(13)19/h3-9H,1-2H3,(H,21,24)/t9-/m1/s1. The number of benzene rings is 1. The predicted octanol–water partition coefficient (Wildman–Crippen LogP) is 3.21. The van der Waals surface area contributed by atoms with Gasteiger partial charge in [0.1, 0.15) is 17.7 Å². The highest BCUT2D eigenvalue weighted by Crippen LogP contribution is 2.22. The molecule has 128 valence electrons. The van der Waals surface area contributed by atoms with Crippen LogP contribution in [0.4, 0.5) is 8.78 Å². The van der Waals surface area contributed by atoms with E-state index in [4.69, 9.17) is 4.52 Å². The lowest BCUT2D eigenvalue weighted by atomic mass is 10.1. The fourth-order valence-corrected chi connectivity index (χ4v) is 2.25. The van der Waals surface area contributed by atoms with E-state index in [2.05, 4.69) is 20.4 Å². The maximum atomic E-state index is 13.9.